The Labute approximate surface area is 172 Å². The van der Waals surface area contributed by atoms with Crippen molar-refractivity contribution in [3.05, 3.63) is 102 Å². The fraction of sp³-hybridized carbons (Fsp3) is 0.0435. The number of fused-ring (bicyclic) bond motifs is 2. The lowest BCUT2D eigenvalue weighted by atomic mass is 10.0. The van der Waals surface area contributed by atoms with Crippen LogP contribution in [0.5, 0.6) is 0 Å². The van der Waals surface area contributed by atoms with Gasteiger partial charge in [0.25, 0.3) is 11.8 Å². The number of rotatable bonds is 3. The first kappa shape index (κ1) is 17.8. The summed E-state index contributed by atoms with van der Waals surface area (Å²) in [7, 11) is 0. The maximum absolute atomic E-state index is 13.3. The minimum absolute atomic E-state index is 0.301. The molecule has 2 aromatic carbocycles. The summed E-state index contributed by atoms with van der Waals surface area (Å²) in [5, 5.41) is 5.66. The number of hydrogen-bond donors (Lipinski definition) is 2. The van der Waals surface area contributed by atoms with Gasteiger partial charge < -0.3 is 5.32 Å². The van der Waals surface area contributed by atoms with Crippen molar-refractivity contribution in [3.8, 4) is 0 Å². The summed E-state index contributed by atoms with van der Waals surface area (Å²) < 4.78 is 0. The van der Waals surface area contributed by atoms with Crippen LogP contribution in [0.25, 0.3) is 10.9 Å². The Morgan fingerprint density at radius 3 is 2.60 bits per heavy atom. The van der Waals surface area contributed by atoms with E-state index in [0.717, 1.165) is 16.5 Å². The fourth-order valence-electron chi connectivity index (χ4n) is 3.61. The van der Waals surface area contributed by atoms with E-state index in [-0.39, 0.29) is 5.91 Å². The Morgan fingerprint density at radius 2 is 1.73 bits per heavy atom. The van der Waals surface area contributed by atoms with E-state index in [2.05, 4.69) is 20.7 Å². The van der Waals surface area contributed by atoms with E-state index in [4.69, 9.17) is 0 Å². The SMILES string of the molecule is O=C(NN1C(=O)c2ccccc2NC1c1cccc2cccnc12)c1ccncc1. The highest BCUT2D eigenvalue weighted by Gasteiger charge is 2.35. The lowest BCUT2D eigenvalue weighted by molar-refractivity contribution is 0.0492. The fourth-order valence-corrected chi connectivity index (χ4v) is 3.61. The third-order valence-corrected chi connectivity index (χ3v) is 5.05. The Hall–Kier alpha value is -4.26. The molecule has 1 unspecified atom stereocenters. The molecular weight excluding hydrogens is 378 g/mol. The Balaban J connectivity index is 1.61. The second kappa shape index (κ2) is 7.29. The van der Waals surface area contributed by atoms with Crippen molar-refractivity contribution in [2.45, 2.75) is 6.17 Å². The number of hydrazine groups is 1. The summed E-state index contributed by atoms with van der Waals surface area (Å²) in [6.45, 7) is 0. The van der Waals surface area contributed by atoms with Gasteiger partial charge in [0.1, 0.15) is 0 Å². The summed E-state index contributed by atoms with van der Waals surface area (Å²) in [5.41, 5.74) is 5.90. The Kier molecular flexibility index (Phi) is 4.33. The number of amides is 2. The van der Waals surface area contributed by atoms with Crippen LogP contribution in [0.15, 0.2) is 85.3 Å². The second-order valence-electron chi connectivity index (χ2n) is 6.87. The normalized spacial score (nSPS) is 15.4. The van der Waals surface area contributed by atoms with Gasteiger partial charge in [-0.15, -0.1) is 0 Å². The number of aromatic nitrogens is 2. The van der Waals surface area contributed by atoms with Gasteiger partial charge in [0.05, 0.1) is 11.1 Å². The zero-order valence-electron chi connectivity index (χ0n) is 15.8. The number of para-hydroxylation sites is 2. The molecule has 2 amide bonds. The summed E-state index contributed by atoms with van der Waals surface area (Å²) in [5.74, 6) is -0.699. The van der Waals surface area contributed by atoms with Crippen molar-refractivity contribution in [3.63, 3.8) is 0 Å². The molecule has 0 saturated heterocycles. The number of carbonyl (C=O) groups is 2. The number of anilines is 1. The largest absolute Gasteiger partial charge is 0.359 e. The number of nitrogens with one attached hydrogen (secondary N) is 2. The van der Waals surface area contributed by atoms with Gasteiger partial charge in [-0.2, -0.15) is 0 Å². The predicted molar refractivity (Wildman–Crippen MR) is 112 cm³/mol. The zero-order valence-corrected chi connectivity index (χ0v) is 15.8. The van der Waals surface area contributed by atoms with E-state index < -0.39 is 12.1 Å². The molecule has 5 rings (SSSR count). The van der Waals surface area contributed by atoms with E-state index in [0.29, 0.717) is 16.8 Å². The van der Waals surface area contributed by atoms with Crippen LogP contribution < -0.4 is 10.7 Å². The molecule has 146 valence electrons. The van der Waals surface area contributed by atoms with Crippen LogP contribution in [0.4, 0.5) is 5.69 Å². The number of nitrogens with zero attached hydrogens (tertiary/aromatic N) is 3. The zero-order chi connectivity index (χ0) is 20.5. The third-order valence-electron chi connectivity index (χ3n) is 5.05. The number of benzene rings is 2. The van der Waals surface area contributed by atoms with Crippen molar-refractivity contribution in [1.29, 1.82) is 0 Å². The van der Waals surface area contributed by atoms with Crippen LogP contribution in [0.2, 0.25) is 0 Å². The molecule has 1 aliphatic rings. The highest BCUT2D eigenvalue weighted by atomic mass is 16.2. The van der Waals surface area contributed by atoms with Crippen molar-refractivity contribution in [2.24, 2.45) is 0 Å². The van der Waals surface area contributed by atoms with Gasteiger partial charge in [0.15, 0.2) is 6.17 Å². The molecule has 1 atom stereocenters. The van der Waals surface area contributed by atoms with Gasteiger partial charge in [-0.3, -0.25) is 25.0 Å². The molecule has 0 saturated carbocycles. The molecule has 1 aliphatic heterocycles. The molecule has 7 heteroatoms. The lowest BCUT2D eigenvalue weighted by Crippen LogP contribution is -2.53. The van der Waals surface area contributed by atoms with Gasteiger partial charge in [-0.05, 0) is 30.3 Å². The summed E-state index contributed by atoms with van der Waals surface area (Å²) in [6, 6.07) is 20.0. The van der Waals surface area contributed by atoms with Crippen LogP contribution in [-0.4, -0.2) is 26.8 Å². The van der Waals surface area contributed by atoms with Gasteiger partial charge in [0.2, 0.25) is 0 Å². The van der Waals surface area contributed by atoms with Crippen molar-refractivity contribution in [1.82, 2.24) is 20.4 Å². The first-order valence-corrected chi connectivity index (χ1v) is 9.46. The molecule has 2 aromatic heterocycles. The average molecular weight is 395 g/mol. The van der Waals surface area contributed by atoms with Crippen LogP contribution >= 0.6 is 0 Å². The van der Waals surface area contributed by atoms with Crippen molar-refractivity contribution >= 4 is 28.4 Å². The van der Waals surface area contributed by atoms with E-state index in [9.17, 15) is 9.59 Å². The Morgan fingerprint density at radius 1 is 0.933 bits per heavy atom. The van der Waals surface area contributed by atoms with Gasteiger partial charge in [-0.25, -0.2) is 5.01 Å². The predicted octanol–water partition coefficient (Wildman–Crippen LogP) is 3.54. The quantitative estimate of drug-likeness (QED) is 0.554. The Bertz CT molecular complexity index is 1250. The minimum atomic E-state index is -0.628. The number of carbonyl (C=O) groups excluding carboxylic acids is 2. The molecule has 0 bridgehead atoms. The van der Waals surface area contributed by atoms with Crippen molar-refractivity contribution < 1.29 is 9.59 Å². The molecule has 2 N–H and O–H groups in total. The van der Waals surface area contributed by atoms with Crippen LogP contribution in [-0.2, 0) is 0 Å². The van der Waals surface area contributed by atoms with Crippen LogP contribution in [0.3, 0.4) is 0 Å². The second-order valence-corrected chi connectivity index (χ2v) is 6.87. The molecule has 7 nitrogen and oxygen atoms in total. The van der Waals surface area contributed by atoms with Gasteiger partial charge in [0, 0.05) is 40.8 Å². The molecule has 4 aromatic rings. The summed E-state index contributed by atoms with van der Waals surface area (Å²) in [6.07, 6.45) is 4.15. The molecular formula is C23H17N5O2. The highest BCUT2D eigenvalue weighted by molar-refractivity contribution is 6.04. The first-order valence-electron chi connectivity index (χ1n) is 9.46. The molecule has 0 aliphatic carbocycles. The number of hydrogen-bond acceptors (Lipinski definition) is 5. The molecule has 0 spiro atoms. The molecule has 0 radical (unpaired) electrons. The minimum Gasteiger partial charge on any atom is -0.359 e. The average Bonchev–Trinajstić information content (AvgIpc) is 2.81. The van der Waals surface area contributed by atoms with E-state index in [1.54, 1.807) is 30.5 Å². The summed E-state index contributed by atoms with van der Waals surface area (Å²) in [4.78, 5) is 34.6. The highest BCUT2D eigenvalue weighted by Crippen LogP contribution is 2.34. The monoisotopic (exact) mass is 395 g/mol. The van der Waals surface area contributed by atoms with Crippen LogP contribution in [0.1, 0.15) is 32.4 Å². The van der Waals surface area contributed by atoms with Crippen LogP contribution in [0, 0.1) is 0 Å². The van der Waals surface area contributed by atoms with Crippen molar-refractivity contribution in [2.75, 3.05) is 5.32 Å². The maximum Gasteiger partial charge on any atom is 0.276 e. The van der Waals surface area contributed by atoms with Gasteiger partial charge in [-0.1, -0.05) is 36.4 Å². The maximum atomic E-state index is 13.3. The molecule has 0 fully saturated rings. The smallest absolute Gasteiger partial charge is 0.276 e. The van der Waals surface area contributed by atoms with Gasteiger partial charge >= 0.3 is 0 Å². The molecule has 30 heavy (non-hydrogen) atoms. The third kappa shape index (κ3) is 3.02. The molecule has 3 heterocycles. The standard InChI is InChI=1S/C23H17N5O2/c29-22(16-10-13-24-14-11-16)27-28-21(26-19-9-2-1-7-17(19)23(28)30)18-8-3-5-15-6-4-12-25-20(15)18/h1-14,21,26H,(H,27,29). The number of pyridine rings is 2. The van der Waals surface area contributed by atoms with E-state index >= 15 is 0 Å². The lowest BCUT2D eigenvalue weighted by Gasteiger charge is -2.38. The topological polar surface area (TPSA) is 87.2 Å². The summed E-state index contributed by atoms with van der Waals surface area (Å²) >= 11 is 0. The first-order chi connectivity index (χ1) is 14.7. The van der Waals surface area contributed by atoms with E-state index in [1.165, 1.54) is 17.4 Å². The van der Waals surface area contributed by atoms with E-state index in [1.807, 2.05) is 42.5 Å².